The highest BCUT2D eigenvalue weighted by Crippen LogP contribution is 2.46. The van der Waals surface area contributed by atoms with E-state index in [2.05, 4.69) is 100 Å². The van der Waals surface area contributed by atoms with Crippen LogP contribution in [-0.2, 0) is 9.31 Å². The van der Waals surface area contributed by atoms with E-state index in [1.165, 1.54) is 36.3 Å². The Bertz CT molecular complexity index is 1770. The Morgan fingerprint density at radius 3 is 1.97 bits per heavy atom. The first-order chi connectivity index (χ1) is 16.4. The van der Waals surface area contributed by atoms with Crippen molar-refractivity contribution in [3.05, 3.63) is 72.8 Å². The van der Waals surface area contributed by atoms with E-state index in [4.69, 9.17) is 14.3 Å². The van der Waals surface area contributed by atoms with Gasteiger partial charge in [0.15, 0.2) is 0 Å². The third-order valence-electron chi connectivity index (χ3n) is 7.68. The molecule has 0 aliphatic carbocycles. The minimum absolute atomic E-state index is 0.438. The molecule has 5 heteroatoms. The molecule has 1 aliphatic rings. The van der Waals surface area contributed by atoms with Crippen molar-refractivity contribution in [2.24, 2.45) is 0 Å². The van der Waals surface area contributed by atoms with Crippen LogP contribution in [0.5, 0.6) is 0 Å². The highest BCUT2D eigenvalue weighted by molar-refractivity contribution is 7.27. The Kier molecular flexibility index (Phi) is 4.07. The van der Waals surface area contributed by atoms with Crippen molar-refractivity contribution < 1.29 is 9.31 Å². The van der Waals surface area contributed by atoms with E-state index in [1.807, 2.05) is 11.3 Å². The van der Waals surface area contributed by atoms with Crippen LogP contribution in [0, 0.1) is 0 Å². The molecule has 1 aliphatic heterocycles. The fraction of sp³-hybridized carbons (Fsp3) is 0.207. The first-order valence-corrected chi connectivity index (χ1v) is 12.6. The van der Waals surface area contributed by atoms with Gasteiger partial charge in [0.25, 0.3) is 0 Å². The van der Waals surface area contributed by atoms with Gasteiger partial charge in [0, 0.05) is 41.7 Å². The quantitative estimate of drug-likeness (QED) is 0.192. The fourth-order valence-corrected chi connectivity index (χ4v) is 6.52. The largest absolute Gasteiger partial charge is 0.515 e. The average molecular weight is 461 g/mol. The van der Waals surface area contributed by atoms with Crippen LogP contribution in [0.3, 0.4) is 0 Å². The Morgan fingerprint density at radius 2 is 1.24 bits per heavy atom. The van der Waals surface area contributed by atoms with Crippen LogP contribution in [0.25, 0.3) is 52.6 Å². The second-order valence-electron chi connectivity index (χ2n) is 10.2. The molecular formula is C29H24BNO2S. The molecule has 34 heavy (non-hydrogen) atoms. The van der Waals surface area contributed by atoms with E-state index >= 15 is 0 Å². The van der Waals surface area contributed by atoms with Crippen molar-refractivity contribution in [1.29, 1.82) is 0 Å². The number of fused-ring (bicyclic) bond motifs is 10. The predicted octanol–water partition coefficient (Wildman–Crippen LogP) is 7.21. The number of aromatic nitrogens is 1. The van der Waals surface area contributed by atoms with Gasteiger partial charge in [-0.1, -0.05) is 60.7 Å². The summed E-state index contributed by atoms with van der Waals surface area (Å²) in [5, 5.41) is 8.56. The van der Waals surface area contributed by atoms with Gasteiger partial charge in [0.2, 0.25) is 0 Å². The average Bonchev–Trinajstić information content (AvgIpc) is 3.32. The van der Waals surface area contributed by atoms with Crippen LogP contribution >= 0.6 is 11.3 Å². The Hall–Kier alpha value is -2.99. The Balaban J connectivity index is 1.75. The molecule has 1 saturated heterocycles. The van der Waals surface area contributed by atoms with Crippen molar-refractivity contribution in [2.75, 3.05) is 0 Å². The van der Waals surface area contributed by atoms with Crippen LogP contribution in [0.1, 0.15) is 27.7 Å². The van der Waals surface area contributed by atoms with Gasteiger partial charge in [0.05, 0.1) is 22.3 Å². The second-order valence-corrected chi connectivity index (χ2v) is 11.3. The summed E-state index contributed by atoms with van der Waals surface area (Å²) in [6, 6.07) is 25.9. The lowest BCUT2D eigenvalue weighted by atomic mass is 9.78. The summed E-state index contributed by atoms with van der Waals surface area (Å²) in [4.78, 5) is 5.19. The van der Waals surface area contributed by atoms with Gasteiger partial charge in [-0.3, -0.25) is 4.98 Å². The SMILES string of the molecule is CC1(C)OB(c2nc3ccccc3c3c2c2ccccc2c2sc4ccccc4c23)OC1(C)C. The van der Waals surface area contributed by atoms with Gasteiger partial charge in [-0.05, 0) is 45.2 Å². The van der Waals surface area contributed by atoms with Crippen molar-refractivity contribution >= 4 is 76.7 Å². The summed E-state index contributed by atoms with van der Waals surface area (Å²) in [6.07, 6.45) is 0. The van der Waals surface area contributed by atoms with E-state index in [-0.39, 0.29) is 0 Å². The van der Waals surface area contributed by atoms with Crippen molar-refractivity contribution in [3.8, 4) is 0 Å². The predicted molar refractivity (Wildman–Crippen MR) is 145 cm³/mol. The third kappa shape index (κ3) is 2.63. The molecule has 2 aromatic heterocycles. The molecule has 0 spiro atoms. The lowest BCUT2D eigenvalue weighted by molar-refractivity contribution is 0.00578. The van der Waals surface area contributed by atoms with Gasteiger partial charge in [-0.15, -0.1) is 11.3 Å². The zero-order chi connectivity index (χ0) is 23.2. The molecule has 0 N–H and O–H groups in total. The number of thiophene rings is 1. The first kappa shape index (κ1) is 20.4. The number of benzene rings is 4. The zero-order valence-corrected chi connectivity index (χ0v) is 20.5. The maximum absolute atomic E-state index is 6.55. The lowest BCUT2D eigenvalue weighted by Gasteiger charge is -2.32. The first-order valence-electron chi connectivity index (χ1n) is 11.8. The molecule has 1 fully saturated rings. The molecule has 6 aromatic rings. The molecule has 0 radical (unpaired) electrons. The monoisotopic (exact) mass is 461 g/mol. The summed E-state index contributed by atoms with van der Waals surface area (Å²) < 4.78 is 15.7. The molecule has 4 aromatic carbocycles. The van der Waals surface area contributed by atoms with Crippen LogP contribution in [-0.4, -0.2) is 23.3 Å². The molecule has 0 saturated carbocycles. The second kappa shape index (κ2) is 6.79. The summed E-state index contributed by atoms with van der Waals surface area (Å²) in [6.45, 7) is 8.38. The highest BCUT2D eigenvalue weighted by atomic mass is 32.1. The van der Waals surface area contributed by atoms with Crippen LogP contribution in [0.2, 0.25) is 0 Å². The highest BCUT2D eigenvalue weighted by Gasteiger charge is 2.53. The summed E-state index contributed by atoms with van der Waals surface area (Å²) in [5.41, 5.74) is 0.950. The van der Waals surface area contributed by atoms with E-state index in [1.54, 1.807) is 0 Å². The number of nitrogens with zero attached hydrogens (tertiary/aromatic N) is 1. The van der Waals surface area contributed by atoms with Crippen LogP contribution < -0.4 is 5.59 Å². The van der Waals surface area contributed by atoms with E-state index < -0.39 is 18.3 Å². The third-order valence-corrected chi connectivity index (χ3v) is 8.89. The summed E-state index contributed by atoms with van der Waals surface area (Å²) in [5.74, 6) is 0. The van der Waals surface area contributed by atoms with Gasteiger partial charge in [-0.25, -0.2) is 0 Å². The number of hydrogen-bond acceptors (Lipinski definition) is 4. The standard InChI is InChI=1S/C29H24BNO2S/c1-28(2)29(3,4)33-30(32-28)27-25-17-11-5-6-12-18(17)26-24(20-14-8-10-16-22(20)34-26)23(25)19-13-7-9-15-21(19)31-27/h5-16H,1-4H3. The van der Waals surface area contributed by atoms with Gasteiger partial charge in [-0.2, -0.15) is 0 Å². The van der Waals surface area contributed by atoms with E-state index in [9.17, 15) is 0 Å². The maximum Gasteiger partial charge on any atom is 0.515 e. The van der Waals surface area contributed by atoms with Crippen LogP contribution in [0.15, 0.2) is 72.8 Å². The smallest absolute Gasteiger partial charge is 0.398 e. The maximum atomic E-state index is 6.55. The number of pyridine rings is 1. The number of hydrogen-bond donors (Lipinski definition) is 0. The van der Waals surface area contributed by atoms with Gasteiger partial charge < -0.3 is 9.31 Å². The zero-order valence-electron chi connectivity index (χ0n) is 19.7. The van der Waals surface area contributed by atoms with Gasteiger partial charge >= 0.3 is 7.12 Å². The Labute approximate surface area is 202 Å². The minimum Gasteiger partial charge on any atom is -0.398 e. The van der Waals surface area contributed by atoms with Crippen molar-refractivity contribution in [3.63, 3.8) is 0 Å². The summed E-state index contributed by atoms with van der Waals surface area (Å²) >= 11 is 1.87. The number of para-hydroxylation sites is 1. The molecule has 7 rings (SSSR count). The molecule has 0 bridgehead atoms. The Morgan fingerprint density at radius 1 is 0.647 bits per heavy atom. The molecule has 3 heterocycles. The van der Waals surface area contributed by atoms with Gasteiger partial charge in [0.1, 0.15) is 0 Å². The molecule has 3 nitrogen and oxygen atoms in total. The van der Waals surface area contributed by atoms with E-state index in [0.717, 1.165) is 21.9 Å². The lowest BCUT2D eigenvalue weighted by Crippen LogP contribution is -2.41. The van der Waals surface area contributed by atoms with Crippen molar-refractivity contribution in [2.45, 2.75) is 38.9 Å². The molecule has 0 unspecified atom stereocenters. The van der Waals surface area contributed by atoms with Crippen molar-refractivity contribution in [1.82, 2.24) is 4.98 Å². The molecule has 166 valence electrons. The molecule has 0 amide bonds. The van der Waals surface area contributed by atoms with E-state index in [0.29, 0.717) is 0 Å². The molecule has 0 atom stereocenters. The molecular weight excluding hydrogens is 437 g/mol. The fourth-order valence-electron chi connectivity index (χ4n) is 5.27. The minimum atomic E-state index is -0.539. The van der Waals surface area contributed by atoms with Crippen LogP contribution in [0.4, 0.5) is 0 Å². The number of rotatable bonds is 1. The normalized spacial score (nSPS) is 17.6. The summed E-state index contributed by atoms with van der Waals surface area (Å²) in [7, 11) is -0.539. The topological polar surface area (TPSA) is 31.4 Å².